The van der Waals surface area contributed by atoms with E-state index in [-0.39, 0.29) is 19.2 Å². The van der Waals surface area contributed by atoms with Crippen LogP contribution in [0, 0.1) is 0 Å². The highest BCUT2D eigenvalue weighted by Crippen LogP contribution is 2.23. The molecule has 9 nitrogen and oxygen atoms in total. The summed E-state index contributed by atoms with van der Waals surface area (Å²) in [5.74, 6) is -0.321. The van der Waals surface area contributed by atoms with E-state index in [9.17, 15) is 25.2 Å². The van der Waals surface area contributed by atoms with Gasteiger partial charge in [0.25, 0.3) is 0 Å². The zero-order valence-corrected chi connectivity index (χ0v) is 38.9. The van der Waals surface area contributed by atoms with Gasteiger partial charge in [0.15, 0.2) is 6.29 Å². The summed E-state index contributed by atoms with van der Waals surface area (Å²) in [5.41, 5.74) is 0. The van der Waals surface area contributed by atoms with Crippen LogP contribution < -0.4 is 0 Å². The van der Waals surface area contributed by atoms with Crippen molar-refractivity contribution in [3.05, 3.63) is 60.8 Å². The Morgan fingerprint density at radius 1 is 0.541 bits per heavy atom. The molecule has 6 unspecified atom stereocenters. The highest BCUT2D eigenvalue weighted by atomic mass is 16.7. The van der Waals surface area contributed by atoms with Crippen LogP contribution in [0.4, 0.5) is 0 Å². The number of aliphatic hydroxyl groups is 4. The molecule has 0 bridgehead atoms. The van der Waals surface area contributed by atoms with Crippen molar-refractivity contribution in [2.45, 2.75) is 237 Å². The maximum Gasteiger partial charge on any atom is 0.306 e. The van der Waals surface area contributed by atoms with E-state index in [1.165, 1.54) is 109 Å². The summed E-state index contributed by atoms with van der Waals surface area (Å²) in [7, 11) is 0. The molecule has 0 radical (unpaired) electrons. The van der Waals surface area contributed by atoms with E-state index >= 15 is 0 Å². The van der Waals surface area contributed by atoms with Crippen molar-refractivity contribution < 1.29 is 44.2 Å². The largest absolute Gasteiger partial charge is 0.457 e. The van der Waals surface area contributed by atoms with E-state index in [4.69, 9.17) is 18.9 Å². The molecule has 0 spiro atoms. The van der Waals surface area contributed by atoms with Crippen LogP contribution in [0.25, 0.3) is 0 Å². The van der Waals surface area contributed by atoms with Crippen molar-refractivity contribution >= 4 is 5.97 Å². The molecular weight excluding hydrogens is 769 g/mol. The standard InChI is InChI=1S/C52H92O9/c1-3-5-7-9-11-13-15-17-19-20-21-22-23-24-25-26-27-29-31-33-35-37-39-41-48(54)60-46(45-59-52-51(57)50(56)49(55)47(43-53)61-52)44-58-42-40-38-36-34-32-30-28-18-16-14-12-10-8-6-4-2/h5,7,11,13,16-19,21-22,46-47,49-53,55-57H,3-4,6,8-10,12,14-15,20,23-45H2,1-2H3/b7-5-,13-11-,18-16-,19-17-,22-21-. The maximum atomic E-state index is 12.8. The average molecular weight is 861 g/mol. The summed E-state index contributed by atoms with van der Waals surface area (Å²) >= 11 is 0. The van der Waals surface area contributed by atoms with Crippen molar-refractivity contribution in [1.29, 1.82) is 0 Å². The van der Waals surface area contributed by atoms with Gasteiger partial charge >= 0.3 is 5.97 Å². The van der Waals surface area contributed by atoms with Gasteiger partial charge in [-0.2, -0.15) is 0 Å². The second-order valence-corrected chi connectivity index (χ2v) is 16.9. The van der Waals surface area contributed by atoms with Gasteiger partial charge in [0.05, 0.1) is 19.8 Å². The molecular formula is C52H92O9. The molecule has 1 aliphatic heterocycles. The van der Waals surface area contributed by atoms with Gasteiger partial charge in [0.2, 0.25) is 0 Å². The van der Waals surface area contributed by atoms with Crippen LogP contribution in [0.15, 0.2) is 60.8 Å². The van der Waals surface area contributed by atoms with E-state index in [0.29, 0.717) is 13.0 Å². The molecule has 0 aromatic heterocycles. The fourth-order valence-electron chi connectivity index (χ4n) is 7.30. The van der Waals surface area contributed by atoms with Crippen molar-refractivity contribution in [2.75, 3.05) is 26.4 Å². The lowest BCUT2D eigenvalue weighted by atomic mass is 9.99. The van der Waals surface area contributed by atoms with Gasteiger partial charge in [-0.05, 0) is 77.0 Å². The Labute approximate surface area is 373 Å². The van der Waals surface area contributed by atoms with E-state index in [1.54, 1.807) is 0 Å². The second kappa shape index (κ2) is 43.2. The first-order valence-electron chi connectivity index (χ1n) is 24.9. The van der Waals surface area contributed by atoms with Crippen LogP contribution in [0.2, 0.25) is 0 Å². The minimum Gasteiger partial charge on any atom is -0.457 e. The van der Waals surface area contributed by atoms with E-state index in [2.05, 4.69) is 74.6 Å². The van der Waals surface area contributed by atoms with Crippen LogP contribution >= 0.6 is 0 Å². The number of hydrogen-bond acceptors (Lipinski definition) is 9. The lowest BCUT2D eigenvalue weighted by Gasteiger charge is -2.39. The number of rotatable bonds is 42. The van der Waals surface area contributed by atoms with Gasteiger partial charge in [-0.1, -0.05) is 177 Å². The fraction of sp³-hybridized carbons (Fsp3) is 0.788. The van der Waals surface area contributed by atoms with Crippen LogP contribution in [0.3, 0.4) is 0 Å². The Kier molecular flexibility index (Phi) is 40.3. The first-order chi connectivity index (χ1) is 29.9. The summed E-state index contributed by atoms with van der Waals surface area (Å²) in [6.07, 6.45) is 48.2. The Bertz CT molecular complexity index is 1120. The minimum atomic E-state index is -1.54. The Morgan fingerprint density at radius 3 is 1.52 bits per heavy atom. The molecule has 0 aromatic carbocycles. The summed E-state index contributed by atoms with van der Waals surface area (Å²) in [6, 6.07) is 0. The molecule has 1 rings (SSSR count). The number of unbranched alkanes of at least 4 members (excludes halogenated alkanes) is 21. The molecule has 0 amide bonds. The van der Waals surface area contributed by atoms with Crippen LogP contribution in [-0.4, -0.2) is 89.6 Å². The number of carbonyl (C=O) groups is 1. The molecule has 6 atom stereocenters. The quantitative estimate of drug-likeness (QED) is 0.0269. The third kappa shape index (κ3) is 34.0. The molecule has 1 fully saturated rings. The molecule has 9 heteroatoms. The van der Waals surface area contributed by atoms with Gasteiger partial charge in [-0.3, -0.25) is 4.79 Å². The summed E-state index contributed by atoms with van der Waals surface area (Å²) in [4.78, 5) is 12.8. The minimum absolute atomic E-state index is 0.119. The topological polar surface area (TPSA) is 135 Å². The molecule has 1 aliphatic rings. The molecule has 354 valence electrons. The first kappa shape index (κ1) is 56.9. The number of allylic oxidation sites excluding steroid dienone is 10. The van der Waals surface area contributed by atoms with Crippen molar-refractivity contribution in [3.8, 4) is 0 Å². The fourth-order valence-corrected chi connectivity index (χ4v) is 7.30. The second-order valence-electron chi connectivity index (χ2n) is 16.9. The van der Waals surface area contributed by atoms with Gasteiger partial charge in [-0.15, -0.1) is 0 Å². The van der Waals surface area contributed by atoms with E-state index < -0.39 is 43.4 Å². The summed E-state index contributed by atoms with van der Waals surface area (Å²) in [6.45, 7) is 4.43. The molecule has 61 heavy (non-hydrogen) atoms. The predicted molar refractivity (Wildman–Crippen MR) is 251 cm³/mol. The Balaban J connectivity index is 2.21. The monoisotopic (exact) mass is 861 g/mol. The molecule has 1 saturated heterocycles. The highest BCUT2D eigenvalue weighted by molar-refractivity contribution is 5.69. The van der Waals surface area contributed by atoms with E-state index in [0.717, 1.165) is 70.6 Å². The normalized spacial score (nSPS) is 20.4. The number of esters is 1. The molecule has 1 heterocycles. The number of carbonyl (C=O) groups excluding carboxylic acids is 1. The van der Waals surface area contributed by atoms with Gasteiger partial charge in [0.1, 0.15) is 30.5 Å². The van der Waals surface area contributed by atoms with Crippen LogP contribution in [-0.2, 0) is 23.7 Å². The van der Waals surface area contributed by atoms with Crippen molar-refractivity contribution in [3.63, 3.8) is 0 Å². The van der Waals surface area contributed by atoms with Gasteiger partial charge in [-0.25, -0.2) is 0 Å². The molecule has 4 N–H and O–H groups in total. The van der Waals surface area contributed by atoms with Crippen molar-refractivity contribution in [2.24, 2.45) is 0 Å². The Hall–Kier alpha value is -2.11. The lowest BCUT2D eigenvalue weighted by molar-refractivity contribution is -0.305. The average Bonchev–Trinajstić information content (AvgIpc) is 3.26. The number of hydrogen-bond donors (Lipinski definition) is 4. The number of ether oxygens (including phenoxy) is 4. The van der Waals surface area contributed by atoms with Gasteiger partial charge in [0, 0.05) is 13.0 Å². The van der Waals surface area contributed by atoms with Crippen LogP contribution in [0.5, 0.6) is 0 Å². The third-order valence-electron chi connectivity index (χ3n) is 11.2. The summed E-state index contributed by atoms with van der Waals surface area (Å²) < 4.78 is 22.9. The number of aliphatic hydroxyl groups excluding tert-OH is 4. The van der Waals surface area contributed by atoms with Crippen molar-refractivity contribution in [1.82, 2.24) is 0 Å². The zero-order chi connectivity index (χ0) is 44.3. The lowest BCUT2D eigenvalue weighted by Crippen LogP contribution is -2.59. The molecule has 0 aromatic rings. The zero-order valence-electron chi connectivity index (χ0n) is 38.9. The third-order valence-corrected chi connectivity index (χ3v) is 11.2. The smallest absolute Gasteiger partial charge is 0.306 e. The van der Waals surface area contributed by atoms with Gasteiger partial charge < -0.3 is 39.4 Å². The maximum absolute atomic E-state index is 12.8. The first-order valence-corrected chi connectivity index (χ1v) is 24.9. The summed E-state index contributed by atoms with van der Waals surface area (Å²) in [5, 5.41) is 40.2. The Morgan fingerprint density at radius 2 is 1.00 bits per heavy atom. The molecule has 0 saturated carbocycles. The van der Waals surface area contributed by atoms with Crippen LogP contribution in [0.1, 0.15) is 200 Å². The predicted octanol–water partition coefficient (Wildman–Crippen LogP) is 11.9. The molecule has 0 aliphatic carbocycles. The SMILES string of the molecule is CC/C=C\C/C=C\C/C=C\C/C=C\CCCCCCCCCCCCC(=O)OC(COCCCCCCCC/C=C\CCCCCCC)COC1OC(CO)C(O)C(O)C1O. The highest BCUT2D eigenvalue weighted by Gasteiger charge is 2.44. The van der Waals surface area contributed by atoms with E-state index in [1.807, 2.05) is 0 Å².